The van der Waals surface area contributed by atoms with Crippen molar-refractivity contribution >= 4 is 40.8 Å². The lowest BCUT2D eigenvalue weighted by atomic mass is 9.96. The summed E-state index contributed by atoms with van der Waals surface area (Å²) in [5, 5.41) is 26.1. The van der Waals surface area contributed by atoms with Gasteiger partial charge in [-0.1, -0.05) is 42.3 Å². The maximum atomic E-state index is 14.7. The molecule has 2 aromatic carbocycles. The number of ether oxygens (including phenoxy) is 1. The fourth-order valence-electron chi connectivity index (χ4n) is 4.67. The van der Waals surface area contributed by atoms with Crippen LogP contribution in [0.1, 0.15) is 43.6 Å². The van der Waals surface area contributed by atoms with Crippen molar-refractivity contribution in [2.45, 2.75) is 39.2 Å². The van der Waals surface area contributed by atoms with Gasteiger partial charge in [-0.25, -0.2) is 13.9 Å². The number of fused-ring (bicyclic) bond motifs is 4. The van der Waals surface area contributed by atoms with E-state index in [9.17, 15) is 14.0 Å². The summed E-state index contributed by atoms with van der Waals surface area (Å²) in [5.74, 6) is -0.554. The average Bonchev–Trinajstić information content (AvgIpc) is 3.32. The lowest BCUT2D eigenvalue weighted by Crippen LogP contribution is -2.22. The van der Waals surface area contributed by atoms with Crippen LogP contribution in [-0.2, 0) is 9.53 Å². The molecule has 0 saturated heterocycles. The van der Waals surface area contributed by atoms with Crippen molar-refractivity contribution in [3.05, 3.63) is 70.9 Å². The van der Waals surface area contributed by atoms with Crippen LogP contribution in [0.25, 0.3) is 16.8 Å². The monoisotopic (exact) mass is 578 g/mol. The second-order valence-electron chi connectivity index (χ2n) is 9.77. The van der Waals surface area contributed by atoms with Gasteiger partial charge in [0, 0.05) is 22.7 Å². The lowest BCUT2D eigenvalue weighted by Gasteiger charge is -2.22. The van der Waals surface area contributed by atoms with Crippen molar-refractivity contribution in [2.24, 2.45) is 5.92 Å². The lowest BCUT2D eigenvalue weighted by molar-refractivity contribution is -0.119. The molecule has 1 aliphatic rings. The van der Waals surface area contributed by atoms with Crippen molar-refractivity contribution in [3.8, 4) is 16.8 Å². The molecule has 41 heavy (non-hydrogen) atoms. The third kappa shape index (κ3) is 5.97. The number of methoxy groups -OCH3 is 1. The fraction of sp³-hybridized carbons (Fsp3) is 0.286. The SMILES string of the molecule is COC(=O)Nc1ccc2c(c1)NC(=O)[C@H](C)CCC[C@H](Nc1nnn(-c3cccc(Cl)c3F)c1C)c1cc-2cnn1. The van der Waals surface area contributed by atoms with Gasteiger partial charge in [0.2, 0.25) is 5.91 Å². The Bertz CT molecular complexity index is 1610. The van der Waals surface area contributed by atoms with Gasteiger partial charge in [-0.3, -0.25) is 10.1 Å². The molecule has 2 aromatic heterocycles. The molecule has 2 bridgehead atoms. The molecule has 0 fully saturated rings. The van der Waals surface area contributed by atoms with Gasteiger partial charge >= 0.3 is 6.09 Å². The van der Waals surface area contributed by atoms with Gasteiger partial charge in [-0.15, -0.1) is 5.10 Å². The number of hydrogen-bond donors (Lipinski definition) is 3. The summed E-state index contributed by atoms with van der Waals surface area (Å²) in [5.41, 5.74) is 3.84. The van der Waals surface area contributed by atoms with Crippen molar-refractivity contribution in [2.75, 3.05) is 23.1 Å². The van der Waals surface area contributed by atoms with Gasteiger partial charge in [0.05, 0.1) is 41.4 Å². The minimum atomic E-state index is -0.620. The normalized spacial score (nSPS) is 17.0. The maximum absolute atomic E-state index is 14.7. The zero-order valence-corrected chi connectivity index (χ0v) is 23.4. The van der Waals surface area contributed by atoms with Crippen LogP contribution in [0.4, 0.5) is 26.4 Å². The number of carbonyl (C=O) groups excluding carboxylic acids is 2. The molecule has 0 unspecified atom stereocenters. The minimum absolute atomic E-state index is 0.00930. The molecule has 4 aromatic rings. The molecule has 0 saturated carbocycles. The highest BCUT2D eigenvalue weighted by atomic mass is 35.5. The van der Waals surface area contributed by atoms with E-state index in [2.05, 4.69) is 36.5 Å². The van der Waals surface area contributed by atoms with Crippen LogP contribution in [0.5, 0.6) is 0 Å². The van der Waals surface area contributed by atoms with Crippen LogP contribution < -0.4 is 16.0 Å². The van der Waals surface area contributed by atoms with E-state index in [0.717, 1.165) is 5.56 Å². The number of hydrogen-bond acceptors (Lipinski definition) is 8. The minimum Gasteiger partial charge on any atom is -0.453 e. The van der Waals surface area contributed by atoms with Gasteiger partial charge in [0.1, 0.15) is 5.69 Å². The average molecular weight is 579 g/mol. The zero-order valence-electron chi connectivity index (χ0n) is 22.6. The number of carbonyl (C=O) groups is 2. The molecule has 5 rings (SSSR count). The van der Waals surface area contributed by atoms with Gasteiger partial charge in [-0.2, -0.15) is 10.2 Å². The summed E-state index contributed by atoms with van der Waals surface area (Å²) in [7, 11) is 1.28. The first kappa shape index (κ1) is 28.0. The second kappa shape index (κ2) is 11.9. The Morgan fingerprint density at radius 1 is 1.20 bits per heavy atom. The highest BCUT2D eigenvalue weighted by Crippen LogP contribution is 2.34. The third-order valence-corrected chi connectivity index (χ3v) is 7.29. The van der Waals surface area contributed by atoms with E-state index in [4.69, 9.17) is 16.3 Å². The second-order valence-corrected chi connectivity index (χ2v) is 10.2. The summed E-state index contributed by atoms with van der Waals surface area (Å²) < 4.78 is 20.8. The fourth-order valence-corrected chi connectivity index (χ4v) is 4.84. The van der Waals surface area contributed by atoms with E-state index in [-0.39, 0.29) is 28.6 Å². The van der Waals surface area contributed by atoms with Crippen molar-refractivity contribution < 1.29 is 18.7 Å². The number of benzene rings is 2. The molecule has 2 amide bonds. The molecule has 11 nitrogen and oxygen atoms in total. The van der Waals surface area contributed by atoms with Crippen LogP contribution in [0.3, 0.4) is 0 Å². The van der Waals surface area contributed by atoms with Gasteiger partial charge in [0.15, 0.2) is 11.6 Å². The van der Waals surface area contributed by atoms with Crippen LogP contribution in [0.15, 0.2) is 48.7 Å². The predicted octanol–water partition coefficient (Wildman–Crippen LogP) is 5.92. The topological polar surface area (TPSA) is 136 Å². The molecule has 0 spiro atoms. The Morgan fingerprint density at radius 3 is 2.83 bits per heavy atom. The Labute approximate surface area is 240 Å². The van der Waals surface area contributed by atoms with Gasteiger partial charge in [-0.05, 0) is 50.1 Å². The Balaban J connectivity index is 1.51. The molecule has 0 radical (unpaired) electrons. The highest BCUT2D eigenvalue weighted by Gasteiger charge is 2.23. The zero-order chi connectivity index (χ0) is 29.1. The van der Waals surface area contributed by atoms with E-state index < -0.39 is 11.9 Å². The first-order valence-electron chi connectivity index (χ1n) is 13.0. The summed E-state index contributed by atoms with van der Waals surface area (Å²) in [4.78, 5) is 24.8. The summed E-state index contributed by atoms with van der Waals surface area (Å²) in [6.45, 7) is 3.65. The maximum Gasteiger partial charge on any atom is 0.411 e. The number of aromatic nitrogens is 5. The molecular weight excluding hydrogens is 551 g/mol. The summed E-state index contributed by atoms with van der Waals surface area (Å²) in [6, 6.07) is 11.4. The Kier molecular flexibility index (Phi) is 8.11. The molecule has 212 valence electrons. The van der Waals surface area contributed by atoms with Gasteiger partial charge in [0.25, 0.3) is 0 Å². The van der Waals surface area contributed by atoms with E-state index in [1.807, 2.05) is 13.0 Å². The molecule has 0 aliphatic carbocycles. The summed E-state index contributed by atoms with van der Waals surface area (Å²) >= 11 is 5.98. The number of halogens is 2. The molecule has 3 heterocycles. The van der Waals surface area contributed by atoms with Crippen LogP contribution in [0, 0.1) is 18.7 Å². The highest BCUT2D eigenvalue weighted by molar-refractivity contribution is 6.30. The largest absolute Gasteiger partial charge is 0.453 e. The molecule has 1 aliphatic heterocycles. The molecule has 3 N–H and O–H groups in total. The quantitative estimate of drug-likeness (QED) is 0.272. The Morgan fingerprint density at radius 2 is 2.02 bits per heavy atom. The number of anilines is 3. The molecule has 13 heteroatoms. The van der Waals surface area contributed by atoms with E-state index >= 15 is 0 Å². The van der Waals surface area contributed by atoms with Crippen LogP contribution in [-0.4, -0.2) is 44.3 Å². The first-order valence-corrected chi connectivity index (χ1v) is 13.4. The number of nitrogens with one attached hydrogen (secondary N) is 3. The Hall–Kier alpha value is -4.58. The summed E-state index contributed by atoms with van der Waals surface area (Å²) in [6.07, 6.45) is 2.93. The molecular formula is C28H28ClFN8O3. The van der Waals surface area contributed by atoms with Crippen LogP contribution in [0.2, 0.25) is 5.02 Å². The van der Waals surface area contributed by atoms with Gasteiger partial charge < -0.3 is 15.4 Å². The van der Waals surface area contributed by atoms with Crippen molar-refractivity contribution in [3.63, 3.8) is 0 Å². The van der Waals surface area contributed by atoms with E-state index in [0.29, 0.717) is 53.4 Å². The van der Waals surface area contributed by atoms with Crippen molar-refractivity contribution in [1.29, 1.82) is 0 Å². The first-order chi connectivity index (χ1) is 19.7. The third-order valence-electron chi connectivity index (χ3n) is 6.99. The number of amides is 2. The predicted molar refractivity (Wildman–Crippen MR) is 153 cm³/mol. The van der Waals surface area contributed by atoms with Crippen LogP contribution >= 0.6 is 11.6 Å². The standard InChI is InChI=1S/C28H28ClFN8O3/c1-15-6-4-8-21(33-26-16(2)38(37-36-26)24-9-5-7-20(29)25(24)30)23-12-17(14-31-35-23)19-11-10-18(32-28(40)41-3)13-22(19)34-27(15)39/h5,7,9-15,21,33H,4,6,8H2,1-3H3,(H,32,40)(H,34,39)/t15-,21+/m1/s1. The van der Waals surface area contributed by atoms with E-state index in [1.165, 1.54) is 17.9 Å². The molecule has 2 atom stereocenters. The van der Waals surface area contributed by atoms with Crippen molar-refractivity contribution in [1.82, 2.24) is 25.2 Å². The van der Waals surface area contributed by atoms with E-state index in [1.54, 1.807) is 43.5 Å². The smallest absolute Gasteiger partial charge is 0.411 e. The number of nitrogens with zero attached hydrogens (tertiary/aromatic N) is 5. The number of rotatable bonds is 4.